The molecule has 6 aliphatic carbocycles. The molecule has 4 saturated carbocycles. The number of carbonyl (C=O) groups excluding carboxylic acids is 1. The number of esters is 1. The predicted octanol–water partition coefficient (Wildman–Crippen LogP) is 10.5. The van der Waals surface area contributed by atoms with Crippen LogP contribution in [0, 0.1) is 56.2 Å². The van der Waals surface area contributed by atoms with Crippen molar-refractivity contribution < 1.29 is 19.4 Å². The third-order valence-electron chi connectivity index (χ3n) is 15.2. The van der Waals surface area contributed by atoms with Crippen molar-refractivity contribution in [3.05, 3.63) is 48.6 Å². The number of fused-ring (bicyclic) bond motifs is 6. The Labute approximate surface area is 274 Å². The van der Waals surface area contributed by atoms with Crippen molar-refractivity contribution in [2.24, 2.45) is 56.2 Å². The number of methoxy groups -OCH3 is 1. The van der Waals surface area contributed by atoms with Crippen molar-refractivity contribution >= 4 is 11.9 Å². The van der Waals surface area contributed by atoms with E-state index in [0.29, 0.717) is 17.8 Å². The van der Waals surface area contributed by atoms with Crippen molar-refractivity contribution in [2.45, 2.75) is 131 Å². The molecule has 4 heteroatoms. The summed E-state index contributed by atoms with van der Waals surface area (Å²) in [6.07, 6.45) is 24.7. The van der Waals surface area contributed by atoms with Crippen LogP contribution in [0.15, 0.2) is 48.6 Å². The van der Waals surface area contributed by atoms with Gasteiger partial charge in [0, 0.05) is 0 Å². The maximum absolute atomic E-state index is 12.6. The third-order valence-corrected chi connectivity index (χ3v) is 15.2. The van der Waals surface area contributed by atoms with Gasteiger partial charge in [0.05, 0.1) is 17.9 Å². The fraction of sp³-hybridized carbons (Fsp3) is 0.756. The first-order valence-electron chi connectivity index (χ1n) is 18.1. The Kier molecular flexibility index (Phi) is 9.02. The first kappa shape index (κ1) is 34.2. The maximum Gasteiger partial charge on any atom is 0.311 e. The average molecular weight is 619 g/mol. The van der Waals surface area contributed by atoms with Crippen LogP contribution in [0.25, 0.3) is 0 Å². The number of rotatable bonds is 4. The van der Waals surface area contributed by atoms with Crippen LogP contribution in [-0.4, -0.2) is 24.2 Å². The molecular formula is C41H62O4. The fourth-order valence-corrected chi connectivity index (χ4v) is 12.3. The van der Waals surface area contributed by atoms with E-state index in [4.69, 9.17) is 4.74 Å². The average Bonchev–Trinajstić information content (AvgIpc) is 3.01. The normalized spacial score (nSPS) is 47.0. The quantitative estimate of drug-likeness (QED) is 0.251. The number of hydrogen-bond donors (Lipinski definition) is 1. The van der Waals surface area contributed by atoms with Gasteiger partial charge in [0.2, 0.25) is 0 Å². The molecule has 10 atom stereocenters. The van der Waals surface area contributed by atoms with Crippen LogP contribution in [0.3, 0.4) is 0 Å². The third kappa shape index (κ3) is 5.14. The molecule has 0 aliphatic heterocycles. The standard InChI is InChI=1S/C21H32O2.C20H30O2/c1-6-19(2)12-7-9-16-15(19)10-11-17-20(16,3)13-8-14-21(17,4)18(22)23-5;1-5-18(2)11-6-8-15-14(18)9-10-16-19(15,3)12-7-13-20(16,4)17(21)22/h6,9,15,17H,1,7-8,10-14H2,2-5H3;5,8,14,16H,1,6-7,9-13H2,2-4H3,(H,21,22)/t15?,17?,19-,20?,21?;14?,16?,18-,19?,20?/m00/s1. The van der Waals surface area contributed by atoms with Gasteiger partial charge in [-0.25, -0.2) is 0 Å². The molecule has 1 N–H and O–H groups in total. The summed E-state index contributed by atoms with van der Waals surface area (Å²) in [5, 5.41) is 9.86. The monoisotopic (exact) mass is 618 g/mol. The Morgan fingerprint density at radius 1 is 0.711 bits per heavy atom. The highest BCUT2D eigenvalue weighted by Gasteiger charge is 2.60. The summed E-state index contributed by atoms with van der Waals surface area (Å²) in [6, 6.07) is 0. The lowest BCUT2D eigenvalue weighted by molar-refractivity contribution is -0.164. The van der Waals surface area contributed by atoms with Crippen molar-refractivity contribution in [3.63, 3.8) is 0 Å². The van der Waals surface area contributed by atoms with Gasteiger partial charge in [-0.1, -0.05) is 76.0 Å². The second kappa shape index (κ2) is 11.9. The topological polar surface area (TPSA) is 63.6 Å². The zero-order valence-electron chi connectivity index (χ0n) is 29.6. The van der Waals surface area contributed by atoms with Crippen molar-refractivity contribution in [2.75, 3.05) is 7.11 Å². The number of allylic oxidation sites excluding steroid dienone is 6. The van der Waals surface area contributed by atoms with E-state index in [9.17, 15) is 14.7 Å². The molecule has 0 aromatic carbocycles. The molecule has 8 unspecified atom stereocenters. The Bertz CT molecular complexity index is 1280. The molecular weight excluding hydrogens is 556 g/mol. The van der Waals surface area contributed by atoms with Gasteiger partial charge in [0.25, 0.3) is 0 Å². The molecule has 4 nitrogen and oxygen atoms in total. The molecule has 0 amide bonds. The molecule has 0 bridgehead atoms. The molecule has 4 fully saturated rings. The summed E-state index contributed by atoms with van der Waals surface area (Å²) in [7, 11) is 1.54. The number of ether oxygens (including phenoxy) is 1. The minimum Gasteiger partial charge on any atom is -0.481 e. The Balaban J connectivity index is 0.000000178. The van der Waals surface area contributed by atoms with Crippen molar-refractivity contribution in [1.29, 1.82) is 0 Å². The molecule has 45 heavy (non-hydrogen) atoms. The molecule has 0 radical (unpaired) electrons. The van der Waals surface area contributed by atoms with E-state index in [1.165, 1.54) is 25.7 Å². The molecule has 6 rings (SSSR count). The van der Waals surface area contributed by atoms with Crippen LogP contribution in [0.4, 0.5) is 0 Å². The summed E-state index contributed by atoms with van der Waals surface area (Å²) in [5.41, 5.74) is 2.93. The second-order valence-electron chi connectivity index (χ2n) is 17.4. The van der Waals surface area contributed by atoms with E-state index >= 15 is 0 Å². The summed E-state index contributed by atoms with van der Waals surface area (Å²) >= 11 is 0. The molecule has 0 spiro atoms. The maximum atomic E-state index is 12.6. The first-order valence-corrected chi connectivity index (χ1v) is 18.1. The number of carbonyl (C=O) groups is 2. The van der Waals surface area contributed by atoms with Crippen LogP contribution < -0.4 is 0 Å². The molecule has 0 aromatic rings. The summed E-state index contributed by atoms with van der Waals surface area (Å²) in [4.78, 5) is 24.6. The zero-order chi connectivity index (χ0) is 33.1. The van der Waals surface area contributed by atoms with Crippen LogP contribution >= 0.6 is 0 Å². The van der Waals surface area contributed by atoms with Gasteiger partial charge >= 0.3 is 11.9 Å². The molecule has 0 aromatic heterocycles. The first-order chi connectivity index (χ1) is 21.1. The van der Waals surface area contributed by atoms with Crippen molar-refractivity contribution in [1.82, 2.24) is 0 Å². The van der Waals surface area contributed by atoms with Crippen LogP contribution in [-0.2, 0) is 14.3 Å². The van der Waals surface area contributed by atoms with Gasteiger partial charge < -0.3 is 9.84 Å². The van der Waals surface area contributed by atoms with Crippen molar-refractivity contribution in [3.8, 4) is 0 Å². The lowest BCUT2D eigenvalue weighted by atomic mass is 9.44. The highest BCUT2D eigenvalue weighted by atomic mass is 16.5. The SMILES string of the molecule is C=C[C@@]1(C)CCC=C2C1CCC1C(C)(C(=O)O)CCCC21C.C=C[C@@]1(C)CCC=C2C1CCC1C(C)(C(=O)OC)CCCC21C. The summed E-state index contributed by atoms with van der Waals surface area (Å²) in [5.74, 6) is 1.26. The smallest absolute Gasteiger partial charge is 0.311 e. The van der Waals surface area contributed by atoms with E-state index in [1.807, 2.05) is 6.92 Å². The minimum absolute atomic E-state index is 0.00485. The van der Waals surface area contributed by atoms with Gasteiger partial charge in [0.1, 0.15) is 0 Å². The van der Waals surface area contributed by atoms with Crippen LogP contribution in [0.1, 0.15) is 131 Å². The molecule has 0 saturated heterocycles. The Morgan fingerprint density at radius 2 is 1.13 bits per heavy atom. The Morgan fingerprint density at radius 3 is 1.53 bits per heavy atom. The summed E-state index contributed by atoms with van der Waals surface area (Å²) < 4.78 is 5.21. The highest BCUT2D eigenvalue weighted by Crippen LogP contribution is 2.66. The van der Waals surface area contributed by atoms with Crippen LogP contribution in [0.2, 0.25) is 0 Å². The fourth-order valence-electron chi connectivity index (χ4n) is 12.3. The van der Waals surface area contributed by atoms with E-state index in [0.717, 1.165) is 64.2 Å². The number of aliphatic carboxylic acids is 1. The van der Waals surface area contributed by atoms with E-state index in [2.05, 4.69) is 72.1 Å². The Hall–Kier alpha value is -2.10. The van der Waals surface area contributed by atoms with Gasteiger partial charge in [0.15, 0.2) is 0 Å². The number of carboxylic acids is 1. The molecule has 0 heterocycles. The molecule has 6 aliphatic rings. The lowest BCUT2D eigenvalue weighted by Gasteiger charge is -2.59. The van der Waals surface area contributed by atoms with E-state index < -0.39 is 11.4 Å². The lowest BCUT2D eigenvalue weighted by Crippen LogP contribution is -2.54. The van der Waals surface area contributed by atoms with Gasteiger partial charge in [-0.2, -0.15) is 0 Å². The number of carboxylic acid groups (broad SMARTS) is 1. The van der Waals surface area contributed by atoms with Gasteiger partial charge in [-0.15, -0.1) is 13.2 Å². The van der Waals surface area contributed by atoms with E-state index in [-0.39, 0.29) is 39.0 Å². The second-order valence-corrected chi connectivity index (χ2v) is 17.4. The van der Waals surface area contributed by atoms with Gasteiger partial charge in [-0.05, 0) is 136 Å². The van der Waals surface area contributed by atoms with Gasteiger partial charge in [-0.3, -0.25) is 9.59 Å². The zero-order valence-corrected chi connectivity index (χ0v) is 29.6. The molecule has 250 valence electrons. The number of hydrogen-bond acceptors (Lipinski definition) is 3. The highest BCUT2D eigenvalue weighted by molar-refractivity contribution is 5.77. The summed E-state index contributed by atoms with van der Waals surface area (Å²) in [6.45, 7) is 21.9. The largest absolute Gasteiger partial charge is 0.481 e. The predicted molar refractivity (Wildman–Crippen MR) is 183 cm³/mol. The van der Waals surface area contributed by atoms with Crippen LogP contribution in [0.5, 0.6) is 0 Å². The minimum atomic E-state index is -0.593. The van der Waals surface area contributed by atoms with E-state index in [1.54, 1.807) is 18.3 Å².